The molecule has 0 radical (unpaired) electrons. The highest BCUT2D eigenvalue weighted by molar-refractivity contribution is 8.00. The fourth-order valence-corrected chi connectivity index (χ4v) is 3.66. The molecule has 1 heterocycles. The lowest BCUT2D eigenvalue weighted by molar-refractivity contribution is -0.117. The number of carbonyl (C=O) groups excluding carboxylic acids is 1. The number of fused-ring (bicyclic) bond motifs is 1. The monoisotopic (exact) mass is 355 g/mol. The summed E-state index contributed by atoms with van der Waals surface area (Å²) in [6.07, 6.45) is 0.659. The van der Waals surface area contributed by atoms with Crippen LogP contribution in [-0.2, 0) is 4.79 Å². The topological polar surface area (TPSA) is 70.1 Å². The number of aromatic nitrogens is 2. The van der Waals surface area contributed by atoms with Crippen LogP contribution in [0.15, 0.2) is 53.7 Å². The summed E-state index contributed by atoms with van der Waals surface area (Å²) in [6, 6.07) is 15.8. The van der Waals surface area contributed by atoms with Crippen LogP contribution < -0.4 is 10.5 Å². The first-order chi connectivity index (χ1) is 12.1. The van der Waals surface area contributed by atoms with E-state index in [1.807, 2.05) is 62.4 Å². The molecule has 0 bridgehead atoms. The number of benzene rings is 2. The zero-order chi connectivity index (χ0) is 17.8. The lowest BCUT2D eigenvalue weighted by atomic mass is 10.2. The van der Waals surface area contributed by atoms with Crippen LogP contribution in [0.4, 0.5) is 0 Å². The van der Waals surface area contributed by atoms with Gasteiger partial charge in [0.2, 0.25) is 5.91 Å². The molecule has 0 fully saturated rings. The molecule has 0 saturated heterocycles. The van der Waals surface area contributed by atoms with Crippen molar-refractivity contribution in [2.45, 2.75) is 30.7 Å². The molecule has 1 unspecified atom stereocenters. The Hall–Kier alpha value is -2.47. The maximum absolute atomic E-state index is 11.7. The summed E-state index contributed by atoms with van der Waals surface area (Å²) >= 11 is 1.40. The first-order valence-electron chi connectivity index (χ1n) is 8.30. The van der Waals surface area contributed by atoms with Crippen molar-refractivity contribution in [2.75, 3.05) is 6.61 Å². The first kappa shape index (κ1) is 17.4. The molecule has 0 saturated carbocycles. The number of thioether (sulfide) groups is 1. The van der Waals surface area contributed by atoms with E-state index >= 15 is 0 Å². The number of para-hydroxylation sites is 2. The van der Waals surface area contributed by atoms with E-state index in [0.717, 1.165) is 27.6 Å². The van der Waals surface area contributed by atoms with Gasteiger partial charge in [0.1, 0.15) is 5.75 Å². The van der Waals surface area contributed by atoms with Crippen LogP contribution in [0.3, 0.4) is 0 Å². The van der Waals surface area contributed by atoms with Crippen molar-refractivity contribution in [1.29, 1.82) is 0 Å². The highest BCUT2D eigenvalue weighted by Crippen LogP contribution is 2.32. The summed E-state index contributed by atoms with van der Waals surface area (Å²) in [5, 5.41) is 0.453. The lowest BCUT2D eigenvalue weighted by Crippen LogP contribution is -2.25. The van der Waals surface area contributed by atoms with E-state index in [4.69, 9.17) is 15.5 Å². The average molecular weight is 355 g/mol. The lowest BCUT2D eigenvalue weighted by Gasteiger charge is -2.13. The molecule has 3 aromatic rings. The molecule has 25 heavy (non-hydrogen) atoms. The third kappa shape index (κ3) is 3.64. The number of hydrogen-bond donors (Lipinski definition) is 1. The molecule has 0 spiro atoms. The minimum atomic E-state index is -0.321. The van der Waals surface area contributed by atoms with Gasteiger partial charge in [0.15, 0.2) is 5.16 Å². The maximum atomic E-state index is 11.7. The molecule has 3 rings (SSSR count). The number of nitrogens with two attached hydrogens (primary N) is 1. The summed E-state index contributed by atoms with van der Waals surface area (Å²) < 4.78 is 7.57. The van der Waals surface area contributed by atoms with Gasteiger partial charge in [-0.15, -0.1) is 0 Å². The minimum absolute atomic E-state index is 0.307. The van der Waals surface area contributed by atoms with Crippen molar-refractivity contribution in [3.63, 3.8) is 0 Å². The number of amides is 1. The fraction of sp³-hybridized carbons (Fsp3) is 0.263. The smallest absolute Gasteiger partial charge is 0.231 e. The van der Waals surface area contributed by atoms with Crippen LogP contribution in [0.1, 0.15) is 20.3 Å². The molecular formula is C19H21N3O2S. The number of primary amides is 1. The van der Waals surface area contributed by atoms with Crippen LogP contribution >= 0.6 is 11.8 Å². The van der Waals surface area contributed by atoms with Crippen molar-refractivity contribution in [1.82, 2.24) is 9.55 Å². The summed E-state index contributed by atoms with van der Waals surface area (Å²) in [7, 11) is 0. The Morgan fingerprint density at radius 2 is 1.92 bits per heavy atom. The molecule has 1 atom stereocenters. The highest BCUT2D eigenvalue weighted by atomic mass is 32.2. The summed E-state index contributed by atoms with van der Waals surface area (Å²) in [6.45, 7) is 4.54. The van der Waals surface area contributed by atoms with Crippen molar-refractivity contribution in [2.24, 2.45) is 5.73 Å². The van der Waals surface area contributed by atoms with E-state index in [2.05, 4.69) is 4.57 Å². The SMILES string of the molecule is CCOc1ccc(-n2c(SC(CC)C(N)=O)nc3ccccc32)cc1. The average Bonchev–Trinajstić information content (AvgIpc) is 2.98. The van der Waals surface area contributed by atoms with Gasteiger partial charge in [0.05, 0.1) is 22.9 Å². The van der Waals surface area contributed by atoms with Gasteiger partial charge >= 0.3 is 0 Å². The normalized spacial score (nSPS) is 12.2. The highest BCUT2D eigenvalue weighted by Gasteiger charge is 2.20. The van der Waals surface area contributed by atoms with Gasteiger partial charge in [-0.1, -0.05) is 30.8 Å². The Morgan fingerprint density at radius 3 is 2.56 bits per heavy atom. The van der Waals surface area contributed by atoms with E-state index in [0.29, 0.717) is 13.0 Å². The number of hydrogen-bond acceptors (Lipinski definition) is 4. The van der Waals surface area contributed by atoms with Crippen molar-refractivity contribution in [3.05, 3.63) is 48.5 Å². The van der Waals surface area contributed by atoms with E-state index < -0.39 is 0 Å². The third-order valence-electron chi connectivity index (χ3n) is 3.87. The predicted octanol–water partition coefficient (Wildman–Crippen LogP) is 3.78. The summed E-state index contributed by atoms with van der Waals surface area (Å²) in [4.78, 5) is 16.4. The standard InChI is InChI=1S/C19H21N3O2S/c1-3-17(18(20)23)25-19-21-15-7-5-6-8-16(15)22(19)13-9-11-14(12-10-13)24-4-2/h5-12,17H,3-4H2,1-2H3,(H2,20,23). The Morgan fingerprint density at radius 1 is 1.20 bits per heavy atom. The van der Waals surface area contributed by atoms with Gasteiger partial charge in [-0.05, 0) is 49.7 Å². The van der Waals surface area contributed by atoms with E-state index in [1.54, 1.807) is 0 Å². The third-order valence-corrected chi connectivity index (χ3v) is 5.21. The number of imidazole rings is 1. The molecule has 1 aromatic heterocycles. The molecule has 2 aromatic carbocycles. The Kier molecular flexibility index (Phi) is 5.28. The number of ether oxygens (including phenoxy) is 1. The second-order valence-electron chi connectivity index (χ2n) is 5.56. The zero-order valence-electron chi connectivity index (χ0n) is 14.3. The van der Waals surface area contributed by atoms with Crippen molar-refractivity contribution >= 4 is 28.7 Å². The minimum Gasteiger partial charge on any atom is -0.494 e. The van der Waals surface area contributed by atoms with E-state index in [9.17, 15) is 4.79 Å². The van der Waals surface area contributed by atoms with Crippen LogP contribution in [0.25, 0.3) is 16.7 Å². The molecule has 0 aliphatic rings. The Balaban J connectivity index is 2.08. The van der Waals surface area contributed by atoms with Gasteiger partial charge in [-0.3, -0.25) is 9.36 Å². The van der Waals surface area contributed by atoms with Gasteiger partial charge in [0, 0.05) is 5.69 Å². The molecule has 0 aliphatic carbocycles. The first-order valence-corrected chi connectivity index (χ1v) is 9.18. The molecule has 2 N–H and O–H groups in total. The molecule has 1 amide bonds. The second kappa shape index (κ2) is 7.61. The quantitative estimate of drug-likeness (QED) is 0.655. The second-order valence-corrected chi connectivity index (χ2v) is 6.73. The molecule has 6 heteroatoms. The van der Waals surface area contributed by atoms with Crippen molar-refractivity contribution in [3.8, 4) is 11.4 Å². The molecule has 0 aliphatic heterocycles. The van der Waals surface area contributed by atoms with E-state index in [-0.39, 0.29) is 11.2 Å². The fourth-order valence-electron chi connectivity index (χ4n) is 2.66. The summed E-state index contributed by atoms with van der Waals surface area (Å²) in [5.41, 5.74) is 8.37. The van der Waals surface area contributed by atoms with Crippen LogP contribution in [-0.4, -0.2) is 27.3 Å². The van der Waals surface area contributed by atoms with Crippen LogP contribution in [0, 0.1) is 0 Å². The molecule has 130 valence electrons. The predicted molar refractivity (Wildman–Crippen MR) is 101 cm³/mol. The Bertz CT molecular complexity index is 874. The van der Waals surface area contributed by atoms with E-state index in [1.165, 1.54) is 11.8 Å². The Labute approximate surface area is 151 Å². The zero-order valence-corrected chi connectivity index (χ0v) is 15.1. The van der Waals surface area contributed by atoms with Crippen molar-refractivity contribution < 1.29 is 9.53 Å². The summed E-state index contributed by atoms with van der Waals surface area (Å²) in [5.74, 6) is 0.506. The number of carbonyl (C=O) groups is 1. The molecule has 5 nitrogen and oxygen atoms in total. The molecular weight excluding hydrogens is 334 g/mol. The maximum Gasteiger partial charge on any atom is 0.231 e. The van der Waals surface area contributed by atoms with Gasteiger partial charge < -0.3 is 10.5 Å². The van der Waals surface area contributed by atoms with Crippen LogP contribution in [0.2, 0.25) is 0 Å². The van der Waals surface area contributed by atoms with Crippen LogP contribution in [0.5, 0.6) is 5.75 Å². The van der Waals surface area contributed by atoms with Gasteiger partial charge in [-0.2, -0.15) is 0 Å². The number of rotatable bonds is 7. The van der Waals surface area contributed by atoms with Gasteiger partial charge in [-0.25, -0.2) is 4.98 Å². The number of nitrogens with zero attached hydrogens (tertiary/aromatic N) is 2. The largest absolute Gasteiger partial charge is 0.494 e. The van der Waals surface area contributed by atoms with Gasteiger partial charge in [0.25, 0.3) is 0 Å².